The van der Waals surface area contributed by atoms with Gasteiger partial charge in [-0.15, -0.1) is 0 Å². The zero-order chi connectivity index (χ0) is 19.3. The molecule has 0 bridgehead atoms. The molecule has 2 heterocycles. The van der Waals surface area contributed by atoms with Crippen LogP contribution in [0.25, 0.3) is 16.9 Å². The predicted octanol–water partition coefficient (Wildman–Crippen LogP) is 3.84. The first kappa shape index (κ1) is 19.1. The highest BCUT2D eigenvalue weighted by molar-refractivity contribution is 6.33. The Morgan fingerprint density at radius 2 is 1.96 bits per heavy atom. The molecule has 4 rings (SSSR count). The van der Waals surface area contributed by atoms with Crippen LogP contribution >= 0.6 is 11.6 Å². The van der Waals surface area contributed by atoms with Crippen molar-refractivity contribution >= 4 is 11.6 Å². The van der Waals surface area contributed by atoms with Crippen LogP contribution in [-0.2, 0) is 16.0 Å². The molecule has 28 heavy (non-hydrogen) atoms. The van der Waals surface area contributed by atoms with Gasteiger partial charge < -0.3 is 14.8 Å². The Kier molecular flexibility index (Phi) is 6.02. The molecule has 0 unspecified atom stereocenters. The van der Waals surface area contributed by atoms with E-state index in [9.17, 15) is 4.39 Å². The van der Waals surface area contributed by atoms with Crippen molar-refractivity contribution in [2.75, 3.05) is 26.4 Å². The van der Waals surface area contributed by atoms with E-state index in [-0.39, 0.29) is 11.9 Å². The quantitative estimate of drug-likeness (QED) is 0.681. The molecule has 1 aliphatic heterocycles. The third-order valence-electron chi connectivity index (χ3n) is 4.58. The summed E-state index contributed by atoms with van der Waals surface area (Å²) >= 11 is 6.41. The van der Waals surface area contributed by atoms with E-state index in [2.05, 4.69) is 5.32 Å². The van der Waals surface area contributed by atoms with Gasteiger partial charge in [-0.25, -0.2) is 9.07 Å². The van der Waals surface area contributed by atoms with Crippen molar-refractivity contribution < 1.29 is 13.9 Å². The van der Waals surface area contributed by atoms with E-state index < -0.39 is 0 Å². The number of hydrogen-bond acceptors (Lipinski definition) is 4. The average Bonchev–Trinajstić information content (AvgIpc) is 3.13. The number of halogens is 2. The fraction of sp³-hybridized carbons (Fsp3) is 0.286. The van der Waals surface area contributed by atoms with E-state index in [4.69, 9.17) is 26.2 Å². The van der Waals surface area contributed by atoms with Crippen LogP contribution in [0.2, 0.25) is 5.02 Å². The van der Waals surface area contributed by atoms with Crippen molar-refractivity contribution in [3.63, 3.8) is 0 Å². The Morgan fingerprint density at radius 3 is 2.71 bits per heavy atom. The molecule has 1 saturated heterocycles. The Labute approximate surface area is 168 Å². The molecule has 1 atom stereocenters. The van der Waals surface area contributed by atoms with Gasteiger partial charge in [0.15, 0.2) is 0 Å². The van der Waals surface area contributed by atoms with Crippen LogP contribution in [0.3, 0.4) is 0 Å². The minimum Gasteiger partial charge on any atom is -0.376 e. The summed E-state index contributed by atoms with van der Waals surface area (Å²) in [6.45, 7) is 3.15. The van der Waals surface area contributed by atoms with Gasteiger partial charge >= 0.3 is 0 Å². The van der Waals surface area contributed by atoms with E-state index in [0.717, 1.165) is 22.5 Å². The second-order valence-electron chi connectivity index (χ2n) is 6.60. The summed E-state index contributed by atoms with van der Waals surface area (Å²) in [6, 6.07) is 13.9. The number of nitrogens with zero attached hydrogens (tertiary/aromatic N) is 2. The zero-order valence-electron chi connectivity index (χ0n) is 15.3. The highest BCUT2D eigenvalue weighted by Gasteiger charge is 2.17. The summed E-state index contributed by atoms with van der Waals surface area (Å²) in [6.07, 6.45) is 1.99. The summed E-state index contributed by atoms with van der Waals surface area (Å²) in [7, 11) is 0. The Hall–Kier alpha value is -2.25. The molecular weight excluding hydrogens is 381 g/mol. The maximum absolute atomic E-state index is 13.3. The molecule has 1 fully saturated rings. The number of nitrogens with one attached hydrogen (secondary N) is 1. The highest BCUT2D eigenvalue weighted by Crippen LogP contribution is 2.30. The van der Waals surface area contributed by atoms with Gasteiger partial charge in [0, 0.05) is 30.4 Å². The van der Waals surface area contributed by atoms with Crippen molar-refractivity contribution in [2.45, 2.75) is 12.6 Å². The predicted molar refractivity (Wildman–Crippen MR) is 106 cm³/mol. The fourth-order valence-corrected chi connectivity index (χ4v) is 3.39. The maximum atomic E-state index is 13.3. The zero-order valence-corrected chi connectivity index (χ0v) is 16.0. The minimum absolute atomic E-state index is 0.0460. The minimum atomic E-state index is -0.279. The Balaban J connectivity index is 1.59. The SMILES string of the molecule is Fc1ccc(-n2cc(CNC[C@H]3COCCO3)c(-c3ccccc3Cl)n2)cc1. The van der Waals surface area contributed by atoms with Crippen LogP contribution in [0.1, 0.15) is 5.56 Å². The molecule has 0 spiro atoms. The summed E-state index contributed by atoms with van der Waals surface area (Å²) in [4.78, 5) is 0. The van der Waals surface area contributed by atoms with Crippen LogP contribution in [-0.4, -0.2) is 42.2 Å². The lowest BCUT2D eigenvalue weighted by molar-refractivity contribution is -0.0864. The molecule has 0 aliphatic carbocycles. The molecule has 146 valence electrons. The first-order chi connectivity index (χ1) is 13.7. The lowest BCUT2D eigenvalue weighted by Crippen LogP contribution is -2.37. The molecule has 1 N–H and O–H groups in total. The highest BCUT2D eigenvalue weighted by atomic mass is 35.5. The molecule has 1 aromatic heterocycles. The third-order valence-corrected chi connectivity index (χ3v) is 4.91. The molecule has 0 amide bonds. The molecule has 0 saturated carbocycles. The van der Waals surface area contributed by atoms with E-state index >= 15 is 0 Å². The smallest absolute Gasteiger partial charge is 0.123 e. The van der Waals surface area contributed by atoms with Crippen molar-refractivity contribution in [3.05, 3.63) is 71.1 Å². The standard InChI is InChI=1S/C21H21ClFN3O2/c22-20-4-2-1-3-19(20)21-15(11-24-12-18-14-27-9-10-28-18)13-26(25-21)17-7-5-16(23)6-8-17/h1-8,13,18,24H,9-12,14H2/t18-/m0/s1. The number of rotatable bonds is 6. The first-order valence-electron chi connectivity index (χ1n) is 9.20. The van der Waals surface area contributed by atoms with Gasteiger partial charge in [-0.2, -0.15) is 5.10 Å². The van der Waals surface area contributed by atoms with Crippen LogP contribution < -0.4 is 5.32 Å². The second-order valence-corrected chi connectivity index (χ2v) is 7.01. The summed E-state index contributed by atoms with van der Waals surface area (Å²) in [5.74, 6) is -0.279. The van der Waals surface area contributed by atoms with E-state index in [1.165, 1.54) is 12.1 Å². The number of aromatic nitrogens is 2. The molecule has 5 nitrogen and oxygen atoms in total. The van der Waals surface area contributed by atoms with Crippen molar-refractivity contribution in [2.24, 2.45) is 0 Å². The van der Waals surface area contributed by atoms with Gasteiger partial charge in [0.1, 0.15) is 5.82 Å². The monoisotopic (exact) mass is 401 g/mol. The Morgan fingerprint density at radius 1 is 1.14 bits per heavy atom. The number of benzene rings is 2. The van der Waals surface area contributed by atoms with Gasteiger partial charge in [0.05, 0.1) is 42.3 Å². The van der Waals surface area contributed by atoms with Crippen molar-refractivity contribution in [1.82, 2.24) is 15.1 Å². The number of ether oxygens (including phenoxy) is 2. The van der Waals surface area contributed by atoms with Gasteiger partial charge in [-0.1, -0.05) is 29.8 Å². The summed E-state index contributed by atoms with van der Waals surface area (Å²) < 4.78 is 26.1. The molecule has 7 heteroatoms. The van der Waals surface area contributed by atoms with Crippen molar-refractivity contribution in [1.29, 1.82) is 0 Å². The fourth-order valence-electron chi connectivity index (χ4n) is 3.17. The van der Waals surface area contributed by atoms with Crippen LogP contribution in [0.5, 0.6) is 0 Å². The maximum Gasteiger partial charge on any atom is 0.123 e. The van der Waals surface area contributed by atoms with Crippen LogP contribution in [0, 0.1) is 5.82 Å². The second kappa shape index (κ2) is 8.84. The van der Waals surface area contributed by atoms with E-state index in [1.807, 2.05) is 30.5 Å². The Bertz CT molecular complexity index is 924. The van der Waals surface area contributed by atoms with Crippen molar-refractivity contribution in [3.8, 4) is 16.9 Å². The van der Waals surface area contributed by atoms with Crippen LogP contribution in [0.15, 0.2) is 54.7 Å². The lowest BCUT2D eigenvalue weighted by atomic mass is 10.1. The van der Waals surface area contributed by atoms with Gasteiger partial charge in [0.25, 0.3) is 0 Å². The van der Waals surface area contributed by atoms with Crippen LogP contribution in [0.4, 0.5) is 4.39 Å². The van der Waals surface area contributed by atoms with E-state index in [0.29, 0.717) is 37.9 Å². The molecule has 3 aromatic rings. The lowest BCUT2D eigenvalue weighted by Gasteiger charge is -2.23. The first-order valence-corrected chi connectivity index (χ1v) is 9.58. The van der Waals surface area contributed by atoms with Gasteiger partial charge in [-0.3, -0.25) is 0 Å². The normalized spacial score (nSPS) is 17.0. The molecule has 2 aromatic carbocycles. The summed E-state index contributed by atoms with van der Waals surface area (Å²) in [5.41, 5.74) is 3.43. The summed E-state index contributed by atoms with van der Waals surface area (Å²) in [5, 5.41) is 8.77. The van der Waals surface area contributed by atoms with E-state index in [1.54, 1.807) is 16.8 Å². The molecular formula is C21H21ClFN3O2. The number of hydrogen-bond donors (Lipinski definition) is 1. The van der Waals surface area contributed by atoms with Gasteiger partial charge in [0.2, 0.25) is 0 Å². The van der Waals surface area contributed by atoms with Gasteiger partial charge in [-0.05, 0) is 30.3 Å². The molecule has 1 aliphatic rings. The topological polar surface area (TPSA) is 48.3 Å². The molecule has 0 radical (unpaired) electrons. The largest absolute Gasteiger partial charge is 0.376 e. The third kappa shape index (κ3) is 4.42. The average molecular weight is 402 g/mol.